The fraction of sp³-hybridized carbons (Fsp3) is 0.200. The zero-order valence-electron chi connectivity index (χ0n) is 18.1. The van der Waals surface area contributed by atoms with Gasteiger partial charge in [0.25, 0.3) is 11.8 Å². The quantitative estimate of drug-likeness (QED) is 0.331. The second-order valence-electron chi connectivity index (χ2n) is 7.73. The molecule has 0 unspecified atom stereocenters. The predicted molar refractivity (Wildman–Crippen MR) is 127 cm³/mol. The number of nitrogens with one attached hydrogen (secondary N) is 1. The number of para-hydroxylation sites is 1. The maximum Gasteiger partial charge on any atom is 0.267 e. The van der Waals surface area contributed by atoms with E-state index in [-0.39, 0.29) is 5.91 Å². The number of anilines is 1. The molecular weight excluding hydrogens is 442 g/mol. The normalized spacial score (nSPS) is 14.0. The van der Waals surface area contributed by atoms with Gasteiger partial charge in [0, 0.05) is 48.5 Å². The average molecular weight is 466 g/mol. The largest absolute Gasteiger partial charge is 0.461 e. The number of nitrogens with zero attached hydrogens (tertiary/aromatic N) is 2. The lowest BCUT2D eigenvalue weighted by molar-refractivity contribution is -0.124. The Labute approximate surface area is 196 Å². The van der Waals surface area contributed by atoms with E-state index in [4.69, 9.17) is 21.2 Å². The van der Waals surface area contributed by atoms with Crippen molar-refractivity contribution in [3.8, 4) is 11.3 Å². The molecule has 1 aliphatic rings. The van der Waals surface area contributed by atoms with Gasteiger partial charge in [0.2, 0.25) is 0 Å². The number of aryl methyl sites for hydroxylation is 1. The molecule has 1 fully saturated rings. The van der Waals surface area contributed by atoms with Gasteiger partial charge in [-0.3, -0.25) is 14.8 Å². The topological polar surface area (TPSA) is 86.0 Å². The molecule has 33 heavy (non-hydrogen) atoms. The Morgan fingerprint density at radius 2 is 1.76 bits per heavy atom. The van der Waals surface area contributed by atoms with Crippen molar-refractivity contribution < 1.29 is 19.2 Å². The van der Waals surface area contributed by atoms with E-state index < -0.39 is 5.91 Å². The highest BCUT2D eigenvalue weighted by Gasteiger charge is 2.26. The van der Waals surface area contributed by atoms with E-state index in [1.54, 1.807) is 36.7 Å². The molecule has 2 aromatic carbocycles. The van der Waals surface area contributed by atoms with E-state index in [1.165, 1.54) is 6.08 Å². The third-order valence-electron chi connectivity index (χ3n) is 5.65. The highest BCUT2D eigenvalue weighted by molar-refractivity contribution is 6.30. The van der Waals surface area contributed by atoms with Gasteiger partial charge in [-0.25, -0.2) is 5.48 Å². The van der Waals surface area contributed by atoms with Crippen LogP contribution in [0, 0.1) is 6.92 Å². The fourth-order valence-corrected chi connectivity index (χ4v) is 4.02. The van der Waals surface area contributed by atoms with Crippen LogP contribution in [0.2, 0.25) is 5.02 Å². The van der Waals surface area contributed by atoms with Crippen LogP contribution in [0.3, 0.4) is 0 Å². The van der Waals surface area contributed by atoms with Crippen molar-refractivity contribution >= 4 is 35.2 Å². The number of hydrogen-bond acceptors (Lipinski definition) is 5. The lowest BCUT2D eigenvalue weighted by Gasteiger charge is -2.36. The molecule has 0 aliphatic carbocycles. The molecule has 0 spiro atoms. The molecule has 0 radical (unpaired) electrons. The third-order valence-corrected chi connectivity index (χ3v) is 5.90. The summed E-state index contributed by atoms with van der Waals surface area (Å²) in [7, 11) is 0. The van der Waals surface area contributed by atoms with Gasteiger partial charge in [0.05, 0.1) is 5.56 Å². The minimum Gasteiger partial charge on any atom is -0.461 e. The number of rotatable bonds is 5. The summed E-state index contributed by atoms with van der Waals surface area (Å²) < 4.78 is 5.86. The number of benzene rings is 2. The van der Waals surface area contributed by atoms with Crippen LogP contribution < -0.4 is 10.4 Å². The minimum absolute atomic E-state index is 0.0519. The van der Waals surface area contributed by atoms with Gasteiger partial charge in [-0.2, -0.15) is 0 Å². The molecule has 7 nitrogen and oxygen atoms in total. The second-order valence-corrected chi connectivity index (χ2v) is 8.17. The highest BCUT2D eigenvalue weighted by Crippen LogP contribution is 2.28. The maximum atomic E-state index is 13.2. The lowest BCUT2D eigenvalue weighted by atomic mass is 10.1. The Hall–Kier alpha value is -3.55. The van der Waals surface area contributed by atoms with Crippen LogP contribution >= 0.6 is 11.6 Å². The summed E-state index contributed by atoms with van der Waals surface area (Å²) >= 11 is 5.96. The molecule has 2 amide bonds. The molecule has 0 atom stereocenters. The molecule has 3 aromatic rings. The minimum atomic E-state index is -0.589. The van der Waals surface area contributed by atoms with E-state index >= 15 is 0 Å². The molecule has 2 heterocycles. The van der Waals surface area contributed by atoms with Crippen molar-refractivity contribution in [2.45, 2.75) is 6.92 Å². The van der Waals surface area contributed by atoms with Crippen molar-refractivity contribution in [2.24, 2.45) is 0 Å². The molecule has 1 aromatic heterocycles. The second kappa shape index (κ2) is 9.94. The van der Waals surface area contributed by atoms with Gasteiger partial charge in [-0.1, -0.05) is 29.8 Å². The number of hydrogen-bond donors (Lipinski definition) is 2. The summed E-state index contributed by atoms with van der Waals surface area (Å²) in [5, 5.41) is 9.34. The average Bonchev–Trinajstić information content (AvgIpc) is 3.24. The van der Waals surface area contributed by atoms with Crippen molar-refractivity contribution in [1.82, 2.24) is 10.4 Å². The maximum absolute atomic E-state index is 13.2. The van der Waals surface area contributed by atoms with E-state index in [0.29, 0.717) is 48.3 Å². The van der Waals surface area contributed by atoms with Crippen LogP contribution in [-0.4, -0.2) is 48.1 Å². The Kier molecular flexibility index (Phi) is 6.82. The molecule has 0 bridgehead atoms. The van der Waals surface area contributed by atoms with Gasteiger partial charge < -0.3 is 14.2 Å². The van der Waals surface area contributed by atoms with Gasteiger partial charge in [-0.15, -0.1) is 0 Å². The number of furan rings is 1. The van der Waals surface area contributed by atoms with Crippen molar-refractivity contribution in [3.05, 3.63) is 82.6 Å². The molecule has 170 valence electrons. The van der Waals surface area contributed by atoms with E-state index in [2.05, 4.69) is 4.90 Å². The first kappa shape index (κ1) is 22.6. The number of carbonyl (C=O) groups is 2. The molecule has 0 saturated carbocycles. The molecule has 8 heteroatoms. The van der Waals surface area contributed by atoms with Crippen LogP contribution in [0.25, 0.3) is 17.4 Å². The Balaban J connectivity index is 1.45. The monoisotopic (exact) mass is 465 g/mol. The number of halogens is 1. The Morgan fingerprint density at radius 1 is 1.06 bits per heavy atom. The van der Waals surface area contributed by atoms with Crippen LogP contribution in [0.1, 0.15) is 21.7 Å². The molecule has 2 N–H and O–H groups in total. The highest BCUT2D eigenvalue weighted by atomic mass is 35.5. The zero-order valence-corrected chi connectivity index (χ0v) is 18.9. The Morgan fingerprint density at radius 3 is 2.45 bits per heavy atom. The molecule has 1 aliphatic heterocycles. The lowest BCUT2D eigenvalue weighted by Crippen LogP contribution is -2.49. The number of carbonyl (C=O) groups excluding carboxylic acids is 2. The van der Waals surface area contributed by atoms with Crippen LogP contribution in [0.15, 0.2) is 65.1 Å². The summed E-state index contributed by atoms with van der Waals surface area (Å²) in [6.45, 7) is 4.24. The smallest absolute Gasteiger partial charge is 0.267 e. The molecule has 1 saturated heterocycles. The van der Waals surface area contributed by atoms with Crippen LogP contribution in [0.5, 0.6) is 0 Å². The van der Waals surface area contributed by atoms with E-state index in [1.807, 2.05) is 41.3 Å². The summed E-state index contributed by atoms with van der Waals surface area (Å²) in [6, 6.07) is 16.8. The summed E-state index contributed by atoms with van der Waals surface area (Å²) in [5.41, 5.74) is 4.85. The number of amides is 2. The van der Waals surface area contributed by atoms with E-state index in [0.717, 1.165) is 16.8 Å². The first-order valence-electron chi connectivity index (χ1n) is 10.6. The molecule has 4 rings (SSSR count). The Bertz CT molecular complexity index is 1180. The standard InChI is InChI=1S/C25H24ClN3O4/c1-17-21(16-23(33-17)19-6-9-20(26)10-7-19)25(31)29-14-12-28(13-15-29)22-5-3-2-4-18(22)8-11-24(30)27-32/h2-11,16,32H,12-15H2,1H3,(H,27,30). The van der Waals surface area contributed by atoms with Gasteiger partial charge in [-0.05, 0) is 55.0 Å². The molecular formula is C25H24ClN3O4. The fourth-order valence-electron chi connectivity index (χ4n) is 3.89. The van der Waals surface area contributed by atoms with Gasteiger partial charge in [0.1, 0.15) is 11.5 Å². The SMILES string of the molecule is Cc1oc(-c2ccc(Cl)cc2)cc1C(=O)N1CCN(c2ccccc2C=CC(=O)NO)CC1. The first-order chi connectivity index (χ1) is 16.0. The van der Waals surface area contributed by atoms with Crippen molar-refractivity contribution in [3.63, 3.8) is 0 Å². The van der Waals surface area contributed by atoms with Crippen LogP contribution in [0.4, 0.5) is 5.69 Å². The van der Waals surface area contributed by atoms with Gasteiger partial charge >= 0.3 is 0 Å². The van der Waals surface area contributed by atoms with Crippen molar-refractivity contribution in [1.29, 1.82) is 0 Å². The summed E-state index contributed by atoms with van der Waals surface area (Å²) in [6.07, 6.45) is 2.93. The first-order valence-corrected chi connectivity index (χ1v) is 11.0. The van der Waals surface area contributed by atoms with Gasteiger partial charge in [0.15, 0.2) is 0 Å². The van der Waals surface area contributed by atoms with Crippen LogP contribution in [-0.2, 0) is 4.79 Å². The summed E-state index contributed by atoms with van der Waals surface area (Å²) in [5.74, 6) is 0.585. The number of piperazine rings is 1. The zero-order chi connectivity index (χ0) is 23.4. The predicted octanol–water partition coefficient (Wildman–Crippen LogP) is 4.39. The summed E-state index contributed by atoms with van der Waals surface area (Å²) in [4.78, 5) is 28.5. The van der Waals surface area contributed by atoms with Crippen molar-refractivity contribution in [2.75, 3.05) is 31.1 Å². The van der Waals surface area contributed by atoms with E-state index in [9.17, 15) is 9.59 Å². The number of hydroxylamine groups is 1. The third kappa shape index (κ3) is 5.10.